The average molecular weight is 467 g/mol. The number of likely N-dealkylation sites (tertiary alicyclic amines) is 1. The molecule has 0 aliphatic carbocycles. The SMILES string of the molecule is C[C@H]1CCCN1C(=O)N1CCOC[C@@H]1CNC(=O)c1ccc(-c2noc(C(F)(F)F)n2)cc1. The third-order valence-electron chi connectivity index (χ3n) is 5.84. The quantitative estimate of drug-likeness (QED) is 0.742. The molecule has 1 aromatic heterocycles. The van der Waals surface area contributed by atoms with Crippen LogP contribution in [0.25, 0.3) is 11.4 Å². The average Bonchev–Trinajstić information content (AvgIpc) is 3.47. The summed E-state index contributed by atoms with van der Waals surface area (Å²) in [5, 5.41) is 6.13. The fourth-order valence-electron chi connectivity index (χ4n) is 4.00. The predicted molar refractivity (Wildman–Crippen MR) is 109 cm³/mol. The van der Waals surface area contributed by atoms with Crippen molar-refractivity contribution in [1.29, 1.82) is 0 Å². The van der Waals surface area contributed by atoms with Gasteiger partial charge in [-0.1, -0.05) is 17.3 Å². The molecular formula is C21H24F3N5O4. The maximum atomic E-state index is 13.0. The van der Waals surface area contributed by atoms with E-state index in [1.165, 1.54) is 24.3 Å². The van der Waals surface area contributed by atoms with Crippen LogP contribution >= 0.6 is 0 Å². The molecule has 4 rings (SSSR count). The van der Waals surface area contributed by atoms with E-state index in [-0.39, 0.29) is 42.0 Å². The zero-order valence-electron chi connectivity index (χ0n) is 18.0. The summed E-state index contributed by atoms with van der Waals surface area (Å²) in [7, 11) is 0. The second-order valence-corrected chi connectivity index (χ2v) is 8.10. The third-order valence-corrected chi connectivity index (χ3v) is 5.84. The molecule has 0 radical (unpaired) electrons. The number of hydrogen-bond donors (Lipinski definition) is 1. The lowest BCUT2D eigenvalue weighted by Gasteiger charge is -2.39. The first kappa shape index (κ1) is 23.0. The number of nitrogens with one attached hydrogen (secondary N) is 1. The molecule has 0 bridgehead atoms. The Morgan fingerprint density at radius 1 is 1.18 bits per heavy atom. The highest BCUT2D eigenvalue weighted by molar-refractivity contribution is 5.94. The Morgan fingerprint density at radius 3 is 2.58 bits per heavy atom. The predicted octanol–water partition coefficient (Wildman–Crippen LogP) is 2.79. The smallest absolute Gasteiger partial charge is 0.377 e. The zero-order chi connectivity index (χ0) is 23.6. The molecule has 3 amide bonds. The maximum Gasteiger partial charge on any atom is 0.471 e. The number of aromatic nitrogens is 2. The number of carbonyl (C=O) groups excluding carboxylic acids is 2. The molecule has 2 aromatic rings. The Balaban J connectivity index is 1.36. The Labute approximate surface area is 187 Å². The monoisotopic (exact) mass is 467 g/mol. The van der Waals surface area contributed by atoms with Gasteiger partial charge in [0.1, 0.15) is 0 Å². The first-order valence-electron chi connectivity index (χ1n) is 10.7. The van der Waals surface area contributed by atoms with Crippen LogP contribution in [0.4, 0.5) is 18.0 Å². The molecule has 2 fully saturated rings. The number of hydrogen-bond acceptors (Lipinski definition) is 6. The standard InChI is InChI=1S/C21H24F3N5O4/c1-13-3-2-8-28(13)20(31)29-9-10-32-12-16(29)11-25-18(30)15-6-4-14(5-7-15)17-26-19(33-27-17)21(22,23)24/h4-7,13,16H,2-3,8-12H2,1H3,(H,25,30)/t13-,16-/m0/s1. The third kappa shape index (κ3) is 5.10. The van der Waals surface area contributed by atoms with Gasteiger partial charge < -0.3 is 24.4 Å². The molecule has 0 saturated carbocycles. The van der Waals surface area contributed by atoms with Gasteiger partial charge >= 0.3 is 18.1 Å². The number of rotatable bonds is 4. The van der Waals surface area contributed by atoms with Gasteiger partial charge in [-0.3, -0.25) is 4.79 Å². The molecule has 9 nitrogen and oxygen atoms in total. The highest BCUT2D eigenvalue weighted by Crippen LogP contribution is 2.29. The van der Waals surface area contributed by atoms with Gasteiger partial charge in [0.2, 0.25) is 5.82 Å². The minimum atomic E-state index is -4.73. The molecule has 12 heteroatoms. The topological polar surface area (TPSA) is 101 Å². The lowest BCUT2D eigenvalue weighted by molar-refractivity contribution is -0.159. The second kappa shape index (κ2) is 9.38. The summed E-state index contributed by atoms with van der Waals surface area (Å²) < 4.78 is 47.6. The van der Waals surface area contributed by atoms with Crippen LogP contribution in [0.15, 0.2) is 28.8 Å². The number of alkyl halides is 3. The van der Waals surface area contributed by atoms with Crippen LogP contribution < -0.4 is 5.32 Å². The number of halogens is 3. The Kier molecular flexibility index (Phi) is 6.54. The minimum Gasteiger partial charge on any atom is -0.377 e. The summed E-state index contributed by atoms with van der Waals surface area (Å²) >= 11 is 0. The van der Waals surface area contributed by atoms with Crippen molar-refractivity contribution in [1.82, 2.24) is 25.3 Å². The van der Waals surface area contributed by atoms with Gasteiger partial charge in [0.05, 0.1) is 19.3 Å². The molecule has 0 spiro atoms. The van der Waals surface area contributed by atoms with E-state index in [1.54, 1.807) is 4.90 Å². The number of urea groups is 1. The first-order valence-corrected chi connectivity index (χ1v) is 10.7. The van der Waals surface area contributed by atoms with Crippen LogP contribution in [0.1, 0.15) is 36.0 Å². The van der Waals surface area contributed by atoms with E-state index in [1.807, 2.05) is 11.8 Å². The van der Waals surface area contributed by atoms with E-state index >= 15 is 0 Å². The van der Waals surface area contributed by atoms with Crippen molar-refractivity contribution >= 4 is 11.9 Å². The molecule has 2 aliphatic rings. The van der Waals surface area contributed by atoms with Crippen molar-refractivity contribution in [3.8, 4) is 11.4 Å². The number of morpholine rings is 1. The van der Waals surface area contributed by atoms with E-state index in [9.17, 15) is 22.8 Å². The minimum absolute atomic E-state index is 0.0368. The second-order valence-electron chi connectivity index (χ2n) is 8.10. The molecule has 1 N–H and O–H groups in total. The summed E-state index contributed by atoms with van der Waals surface area (Å²) in [5.41, 5.74) is 0.587. The van der Waals surface area contributed by atoms with Crippen molar-refractivity contribution in [2.24, 2.45) is 0 Å². The van der Waals surface area contributed by atoms with Crippen LogP contribution in [-0.2, 0) is 10.9 Å². The summed E-state index contributed by atoms with van der Waals surface area (Å²) in [4.78, 5) is 32.5. The molecule has 3 heterocycles. The fourth-order valence-corrected chi connectivity index (χ4v) is 4.00. The number of carbonyl (C=O) groups is 2. The van der Waals surface area contributed by atoms with E-state index in [4.69, 9.17) is 4.74 Å². The van der Waals surface area contributed by atoms with Crippen LogP contribution in [0.2, 0.25) is 0 Å². The van der Waals surface area contributed by atoms with Gasteiger partial charge in [-0.2, -0.15) is 18.2 Å². The van der Waals surface area contributed by atoms with E-state index in [2.05, 4.69) is 20.0 Å². The number of amides is 3. The highest BCUT2D eigenvalue weighted by atomic mass is 19.4. The molecule has 2 atom stereocenters. The molecule has 0 unspecified atom stereocenters. The van der Waals surface area contributed by atoms with Gasteiger partial charge in [0.25, 0.3) is 5.91 Å². The summed E-state index contributed by atoms with van der Waals surface area (Å²) in [6.45, 7) is 4.21. The maximum absolute atomic E-state index is 13.0. The van der Waals surface area contributed by atoms with Crippen LogP contribution in [-0.4, -0.2) is 76.8 Å². The van der Waals surface area contributed by atoms with Crippen molar-refractivity contribution in [2.75, 3.05) is 32.8 Å². The molecule has 2 aliphatic heterocycles. The molecule has 178 valence electrons. The van der Waals surface area contributed by atoms with E-state index < -0.39 is 12.1 Å². The van der Waals surface area contributed by atoms with Crippen molar-refractivity contribution in [3.63, 3.8) is 0 Å². The molecule has 1 aromatic carbocycles. The number of nitrogens with zero attached hydrogens (tertiary/aromatic N) is 4. The Morgan fingerprint density at radius 2 is 1.94 bits per heavy atom. The molecule has 33 heavy (non-hydrogen) atoms. The molecule has 2 saturated heterocycles. The Hall–Kier alpha value is -3.15. The van der Waals surface area contributed by atoms with Crippen molar-refractivity contribution in [3.05, 3.63) is 35.7 Å². The van der Waals surface area contributed by atoms with Gasteiger partial charge in [-0.25, -0.2) is 4.79 Å². The summed E-state index contributed by atoms with van der Waals surface area (Å²) in [5.74, 6) is -2.03. The zero-order valence-corrected chi connectivity index (χ0v) is 18.0. The van der Waals surface area contributed by atoms with Crippen LogP contribution in [0.3, 0.4) is 0 Å². The first-order chi connectivity index (χ1) is 15.7. The van der Waals surface area contributed by atoms with Gasteiger partial charge in [0.15, 0.2) is 0 Å². The van der Waals surface area contributed by atoms with E-state index in [0.717, 1.165) is 19.4 Å². The lowest BCUT2D eigenvalue weighted by Crippen LogP contribution is -2.57. The Bertz CT molecular complexity index is 995. The van der Waals surface area contributed by atoms with Crippen LogP contribution in [0.5, 0.6) is 0 Å². The lowest BCUT2D eigenvalue weighted by atomic mass is 10.1. The van der Waals surface area contributed by atoms with Crippen molar-refractivity contribution < 1.29 is 32.0 Å². The van der Waals surface area contributed by atoms with Gasteiger partial charge in [0, 0.05) is 36.8 Å². The van der Waals surface area contributed by atoms with Crippen molar-refractivity contribution in [2.45, 2.75) is 38.0 Å². The highest BCUT2D eigenvalue weighted by Gasteiger charge is 2.38. The summed E-state index contributed by atoms with van der Waals surface area (Å²) in [6.07, 6.45) is -2.76. The van der Waals surface area contributed by atoms with Crippen LogP contribution in [0, 0.1) is 0 Å². The summed E-state index contributed by atoms with van der Waals surface area (Å²) in [6, 6.07) is 5.66. The largest absolute Gasteiger partial charge is 0.471 e. The van der Waals surface area contributed by atoms with E-state index in [0.29, 0.717) is 25.3 Å². The number of ether oxygens (including phenoxy) is 1. The molecular weight excluding hydrogens is 443 g/mol. The van der Waals surface area contributed by atoms with Gasteiger partial charge in [-0.15, -0.1) is 0 Å². The fraction of sp³-hybridized carbons (Fsp3) is 0.524. The normalized spacial score (nSPS) is 21.3. The van der Waals surface area contributed by atoms with Gasteiger partial charge in [-0.05, 0) is 31.9 Å². The number of benzene rings is 1.